The van der Waals surface area contributed by atoms with Crippen molar-refractivity contribution in [2.24, 2.45) is 0 Å². The summed E-state index contributed by atoms with van der Waals surface area (Å²) in [6.45, 7) is 4.73. The number of hydrogen-bond acceptors (Lipinski definition) is 4. The summed E-state index contributed by atoms with van der Waals surface area (Å²) in [5.74, 6) is 0.950. The van der Waals surface area contributed by atoms with Crippen molar-refractivity contribution >= 4 is 23.3 Å². The molecule has 1 fully saturated rings. The molecule has 6 nitrogen and oxygen atoms in total. The summed E-state index contributed by atoms with van der Waals surface area (Å²) in [5, 5.41) is 7.70. The molecule has 1 aliphatic heterocycles. The van der Waals surface area contributed by atoms with Crippen LogP contribution in [0.4, 0.5) is 10.5 Å². The van der Waals surface area contributed by atoms with Crippen molar-refractivity contribution in [3.63, 3.8) is 0 Å². The molecule has 1 aliphatic rings. The monoisotopic (exact) mass is 396 g/mol. The number of anilines is 1. The Morgan fingerprint density at radius 1 is 1.18 bits per heavy atom. The van der Waals surface area contributed by atoms with Gasteiger partial charge in [0.05, 0.1) is 0 Å². The zero-order valence-electron chi connectivity index (χ0n) is 15.8. The number of likely N-dealkylation sites (tertiary alicyclic amines) is 1. The van der Waals surface area contributed by atoms with Crippen LogP contribution in [0.5, 0.6) is 0 Å². The average Bonchev–Trinajstić information content (AvgIpc) is 3.34. The standard InChI is InChI=1S/C21H21ClN4O2/c1-13-5-10-17(12-14(13)2)23-21(27)26-11-3-4-18(26)20-24-19(25-28-20)15-6-8-16(22)9-7-15/h5-10,12,18H,3-4,11H2,1-2H3,(H,23,27). The second kappa shape index (κ2) is 7.64. The molecule has 2 aromatic carbocycles. The van der Waals surface area contributed by atoms with E-state index in [9.17, 15) is 4.79 Å². The fraction of sp³-hybridized carbons (Fsp3) is 0.286. The highest BCUT2D eigenvalue weighted by Gasteiger charge is 2.34. The summed E-state index contributed by atoms with van der Waals surface area (Å²) in [4.78, 5) is 19.1. The molecule has 3 aromatic rings. The van der Waals surface area contributed by atoms with Crippen molar-refractivity contribution in [3.8, 4) is 11.4 Å². The quantitative estimate of drug-likeness (QED) is 0.645. The van der Waals surface area contributed by atoms with Crippen LogP contribution in [0.2, 0.25) is 5.02 Å². The van der Waals surface area contributed by atoms with Gasteiger partial charge in [0.15, 0.2) is 0 Å². The average molecular weight is 397 g/mol. The second-order valence-corrected chi connectivity index (χ2v) is 7.48. The van der Waals surface area contributed by atoms with E-state index in [-0.39, 0.29) is 12.1 Å². The molecular weight excluding hydrogens is 376 g/mol. The number of aromatic nitrogens is 2. The molecule has 1 aromatic heterocycles. The van der Waals surface area contributed by atoms with Gasteiger partial charge >= 0.3 is 6.03 Å². The van der Waals surface area contributed by atoms with Gasteiger partial charge in [0.25, 0.3) is 0 Å². The maximum Gasteiger partial charge on any atom is 0.322 e. The highest BCUT2D eigenvalue weighted by molar-refractivity contribution is 6.30. The van der Waals surface area contributed by atoms with E-state index in [0.29, 0.717) is 23.3 Å². The van der Waals surface area contributed by atoms with Gasteiger partial charge in [0, 0.05) is 22.8 Å². The van der Waals surface area contributed by atoms with Crippen LogP contribution in [0.1, 0.15) is 35.9 Å². The van der Waals surface area contributed by atoms with Crippen LogP contribution in [0.15, 0.2) is 47.0 Å². The first kappa shape index (κ1) is 18.5. The minimum absolute atomic E-state index is 0.156. The van der Waals surface area contributed by atoms with E-state index in [1.165, 1.54) is 5.56 Å². The summed E-state index contributed by atoms with van der Waals surface area (Å²) in [5.41, 5.74) is 3.94. The smallest absolute Gasteiger partial charge is 0.322 e. The van der Waals surface area contributed by atoms with Crippen molar-refractivity contribution < 1.29 is 9.32 Å². The molecule has 0 spiro atoms. The molecular formula is C21H21ClN4O2. The van der Waals surface area contributed by atoms with Crippen molar-refractivity contribution in [1.82, 2.24) is 15.0 Å². The van der Waals surface area contributed by atoms with E-state index in [0.717, 1.165) is 29.7 Å². The number of halogens is 1. The fourth-order valence-electron chi connectivity index (χ4n) is 3.37. The molecule has 1 saturated heterocycles. The molecule has 0 radical (unpaired) electrons. The largest absolute Gasteiger partial charge is 0.337 e. The molecule has 1 atom stereocenters. The summed E-state index contributed by atoms with van der Waals surface area (Å²) in [6.07, 6.45) is 1.69. The van der Waals surface area contributed by atoms with Crippen LogP contribution in [-0.4, -0.2) is 27.6 Å². The van der Waals surface area contributed by atoms with Crippen LogP contribution in [0.25, 0.3) is 11.4 Å². The van der Waals surface area contributed by atoms with Gasteiger partial charge in [-0.15, -0.1) is 0 Å². The Hall–Kier alpha value is -2.86. The fourth-order valence-corrected chi connectivity index (χ4v) is 3.49. The lowest BCUT2D eigenvalue weighted by Gasteiger charge is -2.22. The Bertz CT molecular complexity index is 1000. The van der Waals surface area contributed by atoms with Gasteiger partial charge in [-0.05, 0) is 74.2 Å². The minimum atomic E-state index is -0.222. The summed E-state index contributed by atoms with van der Waals surface area (Å²) < 4.78 is 5.48. The van der Waals surface area contributed by atoms with Crippen molar-refractivity contribution in [3.05, 3.63) is 64.5 Å². The first-order valence-corrected chi connectivity index (χ1v) is 9.63. The third-order valence-corrected chi connectivity index (χ3v) is 5.35. The lowest BCUT2D eigenvalue weighted by atomic mass is 10.1. The maximum absolute atomic E-state index is 12.8. The molecule has 2 amide bonds. The van der Waals surface area contributed by atoms with E-state index in [1.54, 1.807) is 17.0 Å². The number of benzene rings is 2. The topological polar surface area (TPSA) is 71.3 Å². The van der Waals surface area contributed by atoms with Crippen LogP contribution < -0.4 is 5.32 Å². The first-order chi connectivity index (χ1) is 13.5. The van der Waals surface area contributed by atoms with Gasteiger partial charge < -0.3 is 14.7 Å². The number of carbonyl (C=O) groups is 1. The molecule has 7 heteroatoms. The highest BCUT2D eigenvalue weighted by atomic mass is 35.5. The molecule has 0 saturated carbocycles. The molecule has 28 heavy (non-hydrogen) atoms. The van der Waals surface area contributed by atoms with E-state index in [2.05, 4.69) is 15.5 Å². The number of rotatable bonds is 3. The van der Waals surface area contributed by atoms with Gasteiger partial charge in [-0.3, -0.25) is 0 Å². The van der Waals surface area contributed by atoms with E-state index >= 15 is 0 Å². The Balaban J connectivity index is 1.51. The van der Waals surface area contributed by atoms with Crippen LogP contribution in [-0.2, 0) is 0 Å². The molecule has 2 heterocycles. The second-order valence-electron chi connectivity index (χ2n) is 7.04. The third-order valence-electron chi connectivity index (χ3n) is 5.10. The number of carbonyl (C=O) groups excluding carboxylic acids is 1. The van der Waals surface area contributed by atoms with Gasteiger partial charge in [-0.2, -0.15) is 4.98 Å². The molecule has 0 aliphatic carbocycles. The predicted octanol–water partition coefficient (Wildman–Crippen LogP) is 5.38. The number of nitrogens with one attached hydrogen (secondary N) is 1. The van der Waals surface area contributed by atoms with E-state index in [4.69, 9.17) is 16.1 Å². The molecule has 4 rings (SSSR count). The third kappa shape index (κ3) is 3.73. The number of aryl methyl sites for hydroxylation is 2. The summed E-state index contributed by atoms with van der Waals surface area (Å²) in [6, 6.07) is 12.8. The van der Waals surface area contributed by atoms with Crippen LogP contribution in [0, 0.1) is 13.8 Å². The lowest BCUT2D eigenvalue weighted by molar-refractivity contribution is 0.193. The Labute approximate surface area is 168 Å². The molecule has 0 bridgehead atoms. The molecule has 1 unspecified atom stereocenters. The molecule has 1 N–H and O–H groups in total. The van der Waals surface area contributed by atoms with Crippen molar-refractivity contribution in [1.29, 1.82) is 0 Å². The van der Waals surface area contributed by atoms with Gasteiger partial charge in [-0.25, -0.2) is 4.79 Å². The molecule has 144 valence electrons. The van der Waals surface area contributed by atoms with Crippen molar-refractivity contribution in [2.75, 3.05) is 11.9 Å². The predicted molar refractivity (Wildman–Crippen MR) is 108 cm³/mol. The Morgan fingerprint density at radius 2 is 1.96 bits per heavy atom. The van der Waals surface area contributed by atoms with Gasteiger partial charge in [0.1, 0.15) is 6.04 Å². The van der Waals surface area contributed by atoms with Gasteiger partial charge in [0.2, 0.25) is 11.7 Å². The number of amides is 2. The first-order valence-electron chi connectivity index (χ1n) is 9.25. The SMILES string of the molecule is Cc1ccc(NC(=O)N2CCCC2c2nc(-c3ccc(Cl)cc3)no2)cc1C. The Kier molecular flexibility index (Phi) is 5.05. The van der Waals surface area contributed by atoms with Gasteiger partial charge in [-0.1, -0.05) is 22.8 Å². The zero-order chi connectivity index (χ0) is 19.7. The Morgan fingerprint density at radius 3 is 2.71 bits per heavy atom. The number of hydrogen-bond donors (Lipinski definition) is 1. The number of nitrogens with zero attached hydrogens (tertiary/aromatic N) is 3. The highest BCUT2D eigenvalue weighted by Crippen LogP contribution is 2.32. The zero-order valence-corrected chi connectivity index (χ0v) is 16.5. The maximum atomic E-state index is 12.8. The van der Waals surface area contributed by atoms with E-state index in [1.807, 2.05) is 44.2 Å². The van der Waals surface area contributed by atoms with Crippen LogP contribution >= 0.6 is 11.6 Å². The summed E-state index contributed by atoms with van der Waals surface area (Å²) in [7, 11) is 0. The minimum Gasteiger partial charge on any atom is -0.337 e. The van der Waals surface area contributed by atoms with Crippen molar-refractivity contribution in [2.45, 2.75) is 32.7 Å². The number of urea groups is 1. The summed E-state index contributed by atoms with van der Waals surface area (Å²) >= 11 is 5.93. The van der Waals surface area contributed by atoms with E-state index < -0.39 is 0 Å². The van der Waals surface area contributed by atoms with Crippen LogP contribution in [0.3, 0.4) is 0 Å². The lowest BCUT2D eigenvalue weighted by Crippen LogP contribution is -2.34. The normalized spacial score (nSPS) is 16.4.